The van der Waals surface area contributed by atoms with Crippen molar-refractivity contribution in [2.45, 2.75) is 16.9 Å². The predicted octanol–water partition coefficient (Wildman–Crippen LogP) is 4.82. The van der Waals surface area contributed by atoms with Gasteiger partial charge in [0.1, 0.15) is 6.17 Å². The van der Waals surface area contributed by atoms with E-state index in [1.165, 1.54) is 6.92 Å². The summed E-state index contributed by atoms with van der Waals surface area (Å²) in [6, 6.07) is 13.7. The molecule has 2 rings (SSSR count). The molecule has 2 amide bonds. The highest BCUT2D eigenvalue weighted by atomic mass is 79.9. The fourth-order valence-electron chi connectivity index (χ4n) is 2.19. The zero-order valence-corrected chi connectivity index (χ0v) is 19.6. The molecule has 0 saturated heterocycles. The van der Waals surface area contributed by atoms with Crippen molar-refractivity contribution in [2.75, 3.05) is 10.6 Å². The normalized spacial score (nSPS) is 11.9. The molecule has 29 heavy (non-hydrogen) atoms. The number of rotatable bonds is 5. The number of hydrogen-bond donors (Lipinski definition) is 4. The molecule has 0 saturated carbocycles. The van der Waals surface area contributed by atoms with Gasteiger partial charge in [-0.2, -0.15) is 0 Å². The number of nitrogens with one attached hydrogen (secondary N) is 4. The van der Waals surface area contributed by atoms with Crippen LogP contribution in [0.2, 0.25) is 0 Å². The standard InChI is InChI=1S/C18H16BrCl3N4O2S/c1-10(27)23-11-6-8-12(9-7-11)24-17(29)26-16(18(20,21)22)25-15(28)13-4-2-3-5-14(13)19/h2-9,16H,1H3,(H,23,27)(H,25,28)(H2,24,26,29)/t16-/m0/s1. The van der Waals surface area contributed by atoms with Gasteiger partial charge >= 0.3 is 0 Å². The Morgan fingerprint density at radius 3 is 2.03 bits per heavy atom. The van der Waals surface area contributed by atoms with Gasteiger partial charge in [-0.1, -0.05) is 46.9 Å². The van der Waals surface area contributed by atoms with Gasteiger partial charge in [0.2, 0.25) is 9.70 Å². The molecule has 0 radical (unpaired) electrons. The van der Waals surface area contributed by atoms with Crippen LogP contribution in [-0.2, 0) is 4.79 Å². The maximum absolute atomic E-state index is 12.5. The quantitative estimate of drug-likeness (QED) is 0.249. The van der Waals surface area contributed by atoms with E-state index in [0.29, 0.717) is 21.4 Å². The first-order chi connectivity index (χ1) is 13.6. The first-order valence-corrected chi connectivity index (χ1v) is 10.5. The number of halogens is 4. The SMILES string of the molecule is CC(=O)Nc1ccc(NC(=S)N[C@H](NC(=O)c2ccccc2Br)C(Cl)(Cl)Cl)cc1. The summed E-state index contributed by atoms with van der Waals surface area (Å²) in [4.78, 5) is 23.6. The molecule has 0 bridgehead atoms. The third kappa shape index (κ3) is 7.64. The summed E-state index contributed by atoms with van der Waals surface area (Å²) in [5.74, 6) is -0.627. The largest absolute Gasteiger partial charge is 0.339 e. The van der Waals surface area contributed by atoms with Crippen LogP contribution in [0, 0.1) is 0 Å². The van der Waals surface area contributed by atoms with Crippen LogP contribution in [-0.4, -0.2) is 26.9 Å². The van der Waals surface area contributed by atoms with E-state index in [2.05, 4.69) is 37.2 Å². The van der Waals surface area contributed by atoms with Gasteiger partial charge in [0.25, 0.3) is 5.91 Å². The first kappa shape index (κ1) is 23.7. The van der Waals surface area contributed by atoms with E-state index < -0.39 is 15.9 Å². The summed E-state index contributed by atoms with van der Waals surface area (Å²) in [5.41, 5.74) is 1.65. The topological polar surface area (TPSA) is 82.3 Å². The van der Waals surface area contributed by atoms with Crippen LogP contribution in [0.4, 0.5) is 11.4 Å². The highest BCUT2D eigenvalue weighted by molar-refractivity contribution is 9.10. The van der Waals surface area contributed by atoms with Crippen LogP contribution in [0.5, 0.6) is 0 Å². The highest BCUT2D eigenvalue weighted by Crippen LogP contribution is 2.29. The monoisotopic (exact) mass is 536 g/mol. The molecular weight excluding hydrogens is 523 g/mol. The minimum atomic E-state index is -1.88. The van der Waals surface area contributed by atoms with E-state index in [1.807, 2.05) is 0 Å². The maximum atomic E-state index is 12.5. The Bertz CT molecular complexity index is 907. The van der Waals surface area contributed by atoms with Gasteiger partial charge in [-0.3, -0.25) is 9.59 Å². The van der Waals surface area contributed by atoms with Gasteiger partial charge in [-0.05, 0) is 64.5 Å². The molecule has 4 N–H and O–H groups in total. The summed E-state index contributed by atoms with van der Waals surface area (Å²) >= 11 is 26.6. The molecule has 0 aliphatic rings. The molecule has 11 heteroatoms. The number of alkyl halides is 3. The number of anilines is 2. The fraction of sp³-hybridized carbons (Fsp3) is 0.167. The lowest BCUT2D eigenvalue weighted by Gasteiger charge is -2.28. The van der Waals surface area contributed by atoms with Crippen molar-refractivity contribution in [1.82, 2.24) is 10.6 Å². The summed E-state index contributed by atoms with van der Waals surface area (Å²) in [6.07, 6.45) is -1.11. The van der Waals surface area contributed by atoms with E-state index in [1.54, 1.807) is 48.5 Å². The average Bonchev–Trinajstić information content (AvgIpc) is 2.62. The summed E-state index contributed by atoms with van der Waals surface area (Å²) in [7, 11) is 0. The predicted molar refractivity (Wildman–Crippen MR) is 126 cm³/mol. The molecule has 2 aromatic carbocycles. The van der Waals surface area contributed by atoms with Crippen LogP contribution in [0.25, 0.3) is 0 Å². The van der Waals surface area contributed by atoms with Crippen molar-refractivity contribution in [3.05, 3.63) is 58.6 Å². The minimum Gasteiger partial charge on any atom is -0.339 e. The first-order valence-electron chi connectivity index (χ1n) is 8.13. The van der Waals surface area contributed by atoms with Gasteiger partial charge < -0.3 is 21.3 Å². The van der Waals surface area contributed by atoms with Gasteiger partial charge in [0.05, 0.1) is 5.56 Å². The Labute approximate surface area is 196 Å². The van der Waals surface area contributed by atoms with E-state index in [9.17, 15) is 9.59 Å². The molecule has 0 aliphatic carbocycles. The van der Waals surface area contributed by atoms with Crippen molar-refractivity contribution >= 4 is 91.3 Å². The van der Waals surface area contributed by atoms with E-state index in [4.69, 9.17) is 47.0 Å². The number of thiocarbonyl (C=S) groups is 1. The third-order valence-electron chi connectivity index (χ3n) is 3.46. The lowest BCUT2D eigenvalue weighted by atomic mass is 10.2. The molecule has 0 aliphatic heterocycles. The highest BCUT2D eigenvalue weighted by Gasteiger charge is 2.35. The van der Waals surface area contributed by atoms with Crippen LogP contribution >= 0.6 is 63.0 Å². The smallest absolute Gasteiger partial charge is 0.254 e. The lowest BCUT2D eigenvalue weighted by Crippen LogP contribution is -2.56. The Kier molecular flexibility index (Phi) is 8.54. The van der Waals surface area contributed by atoms with Gasteiger partial charge in [-0.25, -0.2) is 0 Å². The molecule has 0 unspecified atom stereocenters. The number of benzene rings is 2. The second-order valence-electron chi connectivity index (χ2n) is 5.78. The molecule has 0 fully saturated rings. The van der Waals surface area contributed by atoms with Gasteiger partial charge in [0.15, 0.2) is 5.11 Å². The van der Waals surface area contributed by atoms with Crippen LogP contribution < -0.4 is 21.3 Å². The van der Waals surface area contributed by atoms with Crippen molar-refractivity contribution in [3.8, 4) is 0 Å². The maximum Gasteiger partial charge on any atom is 0.254 e. The molecule has 0 heterocycles. The van der Waals surface area contributed by atoms with Crippen molar-refractivity contribution in [1.29, 1.82) is 0 Å². The van der Waals surface area contributed by atoms with Crippen LogP contribution in [0.15, 0.2) is 53.0 Å². The fourth-order valence-corrected chi connectivity index (χ4v) is 3.22. The van der Waals surface area contributed by atoms with Crippen LogP contribution in [0.1, 0.15) is 17.3 Å². The number of carbonyl (C=O) groups is 2. The van der Waals surface area contributed by atoms with Crippen molar-refractivity contribution in [3.63, 3.8) is 0 Å². The Balaban J connectivity index is 2.04. The Morgan fingerprint density at radius 1 is 0.966 bits per heavy atom. The number of hydrogen-bond acceptors (Lipinski definition) is 3. The average molecular weight is 539 g/mol. The third-order valence-corrected chi connectivity index (χ3v) is 5.03. The summed E-state index contributed by atoms with van der Waals surface area (Å²) in [5, 5.41) is 11.1. The molecule has 1 atom stereocenters. The molecule has 154 valence electrons. The second kappa shape index (κ2) is 10.4. The summed E-state index contributed by atoms with van der Waals surface area (Å²) in [6.45, 7) is 1.42. The summed E-state index contributed by atoms with van der Waals surface area (Å²) < 4.78 is -1.28. The zero-order valence-electron chi connectivity index (χ0n) is 14.9. The minimum absolute atomic E-state index is 0.126. The van der Waals surface area contributed by atoms with Crippen molar-refractivity contribution < 1.29 is 9.59 Å². The Morgan fingerprint density at radius 2 is 1.52 bits per heavy atom. The van der Waals surface area contributed by atoms with Crippen molar-refractivity contribution in [2.24, 2.45) is 0 Å². The van der Waals surface area contributed by atoms with Gasteiger partial charge in [-0.15, -0.1) is 0 Å². The van der Waals surface area contributed by atoms with Gasteiger partial charge in [0, 0.05) is 22.8 Å². The number of carbonyl (C=O) groups excluding carboxylic acids is 2. The van der Waals surface area contributed by atoms with E-state index in [0.717, 1.165) is 0 Å². The van der Waals surface area contributed by atoms with Crippen LogP contribution in [0.3, 0.4) is 0 Å². The number of amides is 2. The molecule has 0 spiro atoms. The molecule has 2 aromatic rings. The zero-order chi connectivity index (χ0) is 21.6. The Hall–Kier alpha value is -1.58. The van der Waals surface area contributed by atoms with E-state index >= 15 is 0 Å². The second-order valence-corrected chi connectivity index (χ2v) is 9.42. The molecule has 6 nitrogen and oxygen atoms in total. The van der Waals surface area contributed by atoms with E-state index in [-0.39, 0.29) is 11.0 Å². The lowest BCUT2D eigenvalue weighted by molar-refractivity contribution is -0.114. The molecule has 0 aromatic heterocycles. The molecular formula is C18H16BrCl3N4O2S.